The first-order chi connectivity index (χ1) is 5.36. The number of hydrogen-bond acceptors (Lipinski definition) is 3. The van der Waals surface area contributed by atoms with E-state index in [2.05, 4.69) is 9.47 Å². The van der Waals surface area contributed by atoms with Gasteiger partial charge >= 0.3 is 0 Å². The molecule has 0 aliphatic carbocycles. The van der Waals surface area contributed by atoms with E-state index in [0.29, 0.717) is 0 Å². The molecule has 12 heavy (non-hydrogen) atoms. The predicted octanol–water partition coefficient (Wildman–Crippen LogP) is 0.974. The molecule has 1 saturated heterocycles. The SMILES string of the molecule is CC(=O)C1(C)OCC(F)(F)CO1. The molecule has 70 valence electrons. The number of carbonyl (C=O) groups excluding carboxylic acids is 1. The van der Waals surface area contributed by atoms with Crippen LogP contribution >= 0.6 is 0 Å². The summed E-state index contributed by atoms with van der Waals surface area (Å²) in [5.41, 5.74) is 0. The van der Waals surface area contributed by atoms with Crippen molar-refractivity contribution in [3.8, 4) is 0 Å². The van der Waals surface area contributed by atoms with Crippen molar-refractivity contribution in [1.29, 1.82) is 0 Å². The van der Waals surface area contributed by atoms with Crippen molar-refractivity contribution >= 4 is 5.78 Å². The monoisotopic (exact) mass is 180 g/mol. The van der Waals surface area contributed by atoms with E-state index in [1.54, 1.807) is 0 Å². The van der Waals surface area contributed by atoms with Gasteiger partial charge in [-0.15, -0.1) is 0 Å². The van der Waals surface area contributed by atoms with E-state index in [0.717, 1.165) is 0 Å². The van der Waals surface area contributed by atoms with E-state index >= 15 is 0 Å². The van der Waals surface area contributed by atoms with Crippen molar-refractivity contribution in [2.75, 3.05) is 13.2 Å². The van der Waals surface area contributed by atoms with Gasteiger partial charge in [-0.1, -0.05) is 0 Å². The van der Waals surface area contributed by atoms with E-state index in [1.807, 2.05) is 0 Å². The Morgan fingerprint density at radius 3 is 2.08 bits per heavy atom. The first-order valence-electron chi connectivity index (χ1n) is 3.52. The van der Waals surface area contributed by atoms with Crippen molar-refractivity contribution in [1.82, 2.24) is 0 Å². The van der Waals surface area contributed by atoms with Crippen LogP contribution in [0.1, 0.15) is 13.8 Å². The smallest absolute Gasteiger partial charge is 0.294 e. The third kappa shape index (κ3) is 1.78. The molecule has 0 amide bonds. The summed E-state index contributed by atoms with van der Waals surface area (Å²) in [5.74, 6) is -4.87. The Kier molecular flexibility index (Phi) is 2.18. The van der Waals surface area contributed by atoms with Gasteiger partial charge in [0.15, 0.2) is 5.78 Å². The highest BCUT2D eigenvalue weighted by Gasteiger charge is 2.45. The molecule has 1 heterocycles. The molecule has 3 nitrogen and oxygen atoms in total. The van der Waals surface area contributed by atoms with Crippen LogP contribution in [0.4, 0.5) is 8.78 Å². The Morgan fingerprint density at radius 1 is 1.33 bits per heavy atom. The average molecular weight is 180 g/mol. The highest BCUT2D eigenvalue weighted by Crippen LogP contribution is 2.27. The molecule has 1 rings (SSSR count). The van der Waals surface area contributed by atoms with Gasteiger partial charge in [0.2, 0.25) is 5.79 Å². The molecule has 0 aromatic heterocycles. The summed E-state index contributed by atoms with van der Waals surface area (Å²) in [6.45, 7) is 1.06. The highest BCUT2D eigenvalue weighted by atomic mass is 19.3. The molecule has 0 N–H and O–H groups in total. The molecule has 1 aliphatic heterocycles. The van der Waals surface area contributed by atoms with Crippen LogP contribution in [-0.2, 0) is 14.3 Å². The number of ketones is 1. The molecule has 0 spiro atoms. The first-order valence-corrected chi connectivity index (χ1v) is 3.52. The van der Waals surface area contributed by atoms with Crippen molar-refractivity contribution in [2.45, 2.75) is 25.6 Å². The number of rotatable bonds is 1. The number of halogens is 2. The van der Waals surface area contributed by atoms with Gasteiger partial charge in [-0.3, -0.25) is 4.79 Å². The molecule has 0 bridgehead atoms. The summed E-state index contributed by atoms with van der Waals surface area (Å²) < 4.78 is 34.1. The van der Waals surface area contributed by atoms with Gasteiger partial charge in [-0.2, -0.15) is 0 Å². The summed E-state index contributed by atoms with van der Waals surface area (Å²) in [6.07, 6.45) is 0. The molecule has 0 radical (unpaired) electrons. The predicted molar refractivity (Wildman–Crippen MR) is 35.9 cm³/mol. The lowest BCUT2D eigenvalue weighted by atomic mass is 10.2. The Hall–Kier alpha value is -0.550. The van der Waals surface area contributed by atoms with Crippen LogP contribution in [-0.4, -0.2) is 30.7 Å². The van der Waals surface area contributed by atoms with E-state index in [-0.39, 0.29) is 0 Å². The first kappa shape index (κ1) is 9.54. The Morgan fingerprint density at radius 2 is 1.75 bits per heavy atom. The molecular formula is C7H10F2O3. The Labute approximate surface area is 68.6 Å². The fourth-order valence-electron chi connectivity index (χ4n) is 0.773. The van der Waals surface area contributed by atoms with Crippen LogP contribution in [0, 0.1) is 0 Å². The lowest BCUT2D eigenvalue weighted by molar-refractivity contribution is -0.304. The van der Waals surface area contributed by atoms with E-state index < -0.39 is 30.7 Å². The minimum atomic E-state index is -2.98. The van der Waals surface area contributed by atoms with Gasteiger partial charge in [0, 0.05) is 6.92 Å². The zero-order chi connectivity index (χ0) is 9.41. The standard InChI is InChI=1S/C7H10F2O3/c1-5(10)6(2)11-3-7(8,9)4-12-6/h3-4H2,1-2H3. The molecule has 5 heteroatoms. The topological polar surface area (TPSA) is 35.5 Å². The molecule has 0 atom stereocenters. The third-order valence-electron chi connectivity index (χ3n) is 1.76. The van der Waals surface area contributed by atoms with Crippen molar-refractivity contribution in [3.05, 3.63) is 0 Å². The fourth-order valence-corrected chi connectivity index (χ4v) is 0.773. The zero-order valence-electron chi connectivity index (χ0n) is 6.89. The van der Waals surface area contributed by atoms with E-state index in [9.17, 15) is 13.6 Å². The minimum Gasteiger partial charge on any atom is -0.337 e. The van der Waals surface area contributed by atoms with Crippen LogP contribution < -0.4 is 0 Å². The van der Waals surface area contributed by atoms with Crippen LogP contribution in [0.15, 0.2) is 0 Å². The average Bonchev–Trinajstić information content (AvgIpc) is 1.96. The van der Waals surface area contributed by atoms with E-state index in [1.165, 1.54) is 13.8 Å². The fraction of sp³-hybridized carbons (Fsp3) is 0.857. The van der Waals surface area contributed by atoms with Crippen LogP contribution in [0.5, 0.6) is 0 Å². The second kappa shape index (κ2) is 2.74. The van der Waals surface area contributed by atoms with Crippen LogP contribution in [0.2, 0.25) is 0 Å². The lowest BCUT2D eigenvalue weighted by Crippen LogP contribution is -2.51. The summed E-state index contributed by atoms with van der Waals surface area (Å²) in [7, 11) is 0. The zero-order valence-corrected chi connectivity index (χ0v) is 6.89. The number of hydrogen-bond donors (Lipinski definition) is 0. The van der Waals surface area contributed by atoms with Gasteiger partial charge in [-0.05, 0) is 6.92 Å². The second-order valence-electron chi connectivity index (χ2n) is 2.94. The maximum Gasteiger partial charge on any atom is 0.294 e. The number of carbonyl (C=O) groups is 1. The summed E-state index contributed by atoms with van der Waals surface area (Å²) in [6, 6.07) is 0. The van der Waals surface area contributed by atoms with Crippen LogP contribution in [0.3, 0.4) is 0 Å². The molecule has 0 aromatic carbocycles. The van der Waals surface area contributed by atoms with Crippen molar-refractivity contribution in [3.63, 3.8) is 0 Å². The number of Topliss-reactive ketones (excluding diaryl/α,β-unsaturated/α-hetero) is 1. The summed E-state index contributed by atoms with van der Waals surface area (Å²) >= 11 is 0. The van der Waals surface area contributed by atoms with Crippen molar-refractivity contribution in [2.24, 2.45) is 0 Å². The summed E-state index contributed by atoms with van der Waals surface area (Å²) in [5, 5.41) is 0. The molecule has 0 aromatic rings. The third-order valence-corrected chi connectivity index (χ3v) is 1.76. The van der Waals surface area contributed by atoms with Crippen LogP contribution in [0.25, 0.3) is 0 Å². The molecular weight excluding hydrogens is 170 g/mol. The lowest BCUT2D eigenvalue weighted by Gasteiger charge is -2.35. The molecule has 0 unspecified atom stereocenters. The maximum atomic E-state index is 12.4. The molecule has 1 aliphatic rings. The van der Waals surface area contributed by atoms with E-state index in [4.69, 9.17) is 0 Å². The largest absolute Gasteiger partial charge is 0.337 e. The van der Waals surface area contributed by atoms with Gasteiger partial charge in [0.25, 0.3) is 5.92 Å². The van der Waals surface area contributed by atoms with Gasteiger partial charge in [-0.25, -0.2) is 8.78 Å². The normalized spacial score (nSPS) is 26.7. The molecule has 0 saturated carbocycles. The van der Waals surface area contributed by atoms with Gasteiger partial charge in [0.1, 0.15) is 13.2 Å². The number of alkyl halides is 2. The quantitative estimate of drug-likeness (QED) is 0.603. The van der Waals surface area contributed by atoms with Gasteiger partial charge in [0.05, 0.1) is 0 Å². The number of ether oxygens (including phenoxy) is 2. The Bertz CT molecular complexity index is 193. The molecule has 1 fully saturated rings. The summed E-state index contributed by atoms with van der Waals surface area (Å²) in [4.78, 5) is 10.8. The second-order valence-corrected chi connectivity index (χ2v) is 2.94. The minimum absolute atomic E-state index is 0.405. The maximum absolute atomic E-state index is 12.4. The highest BCUT2D eigenvalue weighted by molar-refractivity contribution is 5.83. The van der Waals surface area contributed by atoms with Crippen molar-refractivity contribution < 1.29 is 23.0 Å². The van der Waals surface area contributed by atoms with Gasteiger partial charge < -0.3 is 9.47 Å². The Balaban J connectivity index is 2.62.